The van der Waals surface area contributed by atoms with Crippen molar-refractivity contribution in [2.45, 2.75) is 6.42 Å². The van der Waals surface area contributed by atoms with Crippen LogP contribution in [0.5, 0.6) is 0 Å². The second-order valence-electron chi connectivity index (χ2n) is 2.83. The highest BCUT2D eigenvalue weighted by Gasteiger charge is 2.01. The van der Waals surface area contributed by atoms with Gasteiger partial charge in [-0.2, -0.15) is 0 Å². The summed E-state index contributed by atoms with van der Waals surface area (Å²) < 4.78 is 5.17. The van der Waals surface area contributed by atoms with E-state index in [1.807, 2.05) is 18.2 Å². The number of carbonyl (C=O) groups excluding carboxylic acids is 1. The summed E-state index contributed by atoms with van der Waals surface area (Å²) in [6.07, 6.45) is 4.84. The smallest absolute Gasteiger partial charge is 0.151 e. The maximum absolute atomic E-state index is 10.4. The molecule has 0 spiro atoms. The number of H-pyrrole nitrogens is 1. The fraction of sp³-hybridized carbons (Fsp3) is 0.100. The lowest BCUT2D eigenvalue weighted by molar-refractivity contribution is 0.112. The average molecular weight is 175 g/mol. The zero-order chi connectivity index (χ0) is 9.10. The average Bonchev–Trinajstić information content (AvgIpc) is 2.76. The van der Waals surface area contributed by atoms with Crippen molar-refractivity contribution in [3.63, 3.8) is 0 Å². The molecule has 13 heavy (non-hydrogen) atoms. The molecule has 2 aromatic heterocycles. The van der Waals surface area contributed by atoms with Gasteiger partial charge >= 0.3 is 0 Å². The molecule has 0 aliphatic heterocycles. The summed E-state index contributed by atoms with van der Waals surface area (Å²) in [5.41, 5.74) is 1.65. The molecule has 0 bridgehead atoms. The molecule has 0 saturated heterocycles. The highest BCUT2D eigenvalue weighted by molar-refractivity contribution is 5.74. The molecular weight excluding hydrogens is 166 g/mol. The largest absolute Gasteiger partial charge is 0.469 e. The van der Waals surface area contributed by atoms with Crippen LogP contribution in [0.25, 0.3) is 0 Å². The Hall–Kier alpha value is -1.77. The third-order valence-electron chi connectivity index (χ3n) is 1.85. The lowest BCUT2D eigenvalue weighted by Gasteiger charge is -1.91. The molecule has 0 atom stereocenters. The van der Waals surface area contributed by atoms with Crippen LogP contribution >= 0.6 is 0 Å². The van der Waals surface area contributed by atoms with Gasteiger partial charge in [0.1, 0.15) is 5.76 Å². The Labute approximate surface area is 75.4 Å². The van der Waals surface area contributed by atoms with E-state index in [1.165, 1.54) is 0 Å². The van der Waals surface area contributed by atoms with Crippen molar-refractivity contribution in [1.29, 1.82) is 0 Å². The van der Waals surface area contributed by atoms with E-state index in [2.05, 4.69) is 4.98 Å². The number of aldehydes is 1. The third kappa shape index (κ3) is 1.69. The Morgan fingerprint density at radius 3 is 3.08 bits per heavy atom. The molecule has 3 nitrogen and oxygen atoms in total. The standard InChI is InChI=1S/C10H9NO2/c12-7-8-4-9(11-6-8)5-10-2-1-3-13-10/h1-4,6-7,11H,5H2. The Morgan fingerprint density at radius 2 is 2.46 bits per heavy atom. The number of aromatic amines is 1. The number of aromatic nitrogens is 1. The van der Waals surface area contributed by atoms with Gasteiger partial charge in [-0.3, -0.25) is 4.79 Å². The van der Waals surface area contributed by atoms with Crippen LogP contribution in [0.3, 0.4) is 0 Å². The summed E-state index contributed by atoms with van der Waals surface area (Å²) in [5, 5.41) is 0. The number of hydrogen-bond donors (Lipinski definition) is 1. The number of furan rings is 1. The van der Waals surface area contributed by atoms with E-state index in [4.69, 9.17) is 4.42 Å². The van der Waals surface area contributed by atoms with Crippen molar-refractivity contribution in [1.82, 2.24) is 4.98 Å². The van der Waals surface area contributed by atoms with Gasteiger partial charge in [-0.25, -0.2) is 0 Å². The number of nitrogens with one attached hydrogen (secondary N) is 1. The fourth-order valence-corrected chi connectivity index (χ4v) is 1.23. The van der Waals surface area contributed by atoms with Gasteiger partial charge in [0.2, 0.25) is 0 Å². The van der Waals surface area contributed by atoms with E-state index in [1.54, 1.807) is 12.5 Å². The third-order valence-corrected chi connectivity index (χ3v) is 1.85. The lowest BCUT2D eigenvalue weighted by Crippen LogP contribution is -1.83. The van der Waals surface area contributed by atoms with E-state index in [0.29, 0.717) is 12.0 Å². The summed E-state index contributed by atoms with van der Waals surface area (Å²) in [6.45, 7) is 0. The minimum Gasteiger partial charge on any atom is -0.469 e. The van der Waals surface area contributed by atoms with Gasteiger partial charge in [-0.1, -0.05) is 0 Å². The van der Waals surface area contributed by atoms with Crippen molar-refractivity contribution in [2.24, 2.45) is 0 Å². The maximum atomic E-state index is 10.4. The number of hydrogen-bond acceptors (Lipinski definition) is 2. The predicted molar refractivity (Wildman–Crippen MR) is 47.7 cm³/mol. The molecule has 66 valence electrons. The van der Waals surface area contributed by atoms with E-state index < -0.39 is 0 Å². The fourth-order valence-electron chi connectivity index (χ4n) is 1.23. The predicted octanol–water partition coefficient (Wildman–Crippen LogP) is 2.01. The van der Waals surface area contributed by atoms with Gasteiger partial charge in [-0.15, -0.1) is 0 Å². The first-order valence-electron chi connectivity index (χ1n) is 4.03. The zero-order valence-corrected chi connectivity index (χ0v) is 6.99. The van der Waals surface area contributed by atoms with E-state index >= 15 is 0 Å². The van der Waals surface area contributed by atoms with Gasteiger partial charge in [0.25, 0.3) is 0 Å². The van der Waals surface area contributed by atoms with Crippen LogP contribution in [-0.2, 0) is 6.42 Å². The van der Waals surface area contributed by atoms with Crippen LogP contribution in [0, 0.1) is 0 Å². The molecule has 0 aliphatic carbocycles. The molecule has 1 N–H and O–H groups in total. The monoisotopic (exact) mass is 175 g/mol. The Kier molecular flexibility index (Phi) is 2.00. The van der Waals surface area contributed by atoms with Crippen molar-refractivity contribution in [3.8, 4) is 0 Å². The highest BCUT2D eigenvalue weighted by atomic mass is 16.3. The lowest BCUT2D eigenvalue weighted by atomic mass is 10.2. The van der Waals surface area contributed by atoms with Crippen LogP contribution in [0.4, 0.5) is 0 Å². The van der Waals surface area contributed by atoms with E-state index in [0.717, 1.165) is 17.7 Å². The van der Waals surface area contributed by atoms with Crippen LogP contribution in [-0.4, -0.2) is 11.3 Å². The number of rotatable bonds is 3. The second-order valence-corrected chi connectivity index (χ2v) is 2.83. The Bertz CT molecular complexity index is 387. The molecule has 0 aromatic carbocycles. The molecule has 0 unspecified atom stereocenters. The van der Waals surface area contributed by atoms with Gasteiger partial charge in [0.15, 0.2) is 6.29 Å². The van der Waals surface area contributed by atoms with Crippen LogP contribution in [0.15, 0.2) is 35.1 Å². The molecule has 0 fully saturated rings. The maximum Gasteiger partial charge on any atom is 0.151 e. The van der Waals surface area contributed by atoms with Crippen molar-refractivity contribution in [3.05, 3.63) is 47.7 Å². The van der Waals surface area contributed by atoms with Crippen LogP contribution in [0.1, 0.15) is 21.8 Å². The Morgan fingerprint density at radius 1 is 1.54 bits per heavy atom. The number of carbonyl (C=O) groups is 1. The van der Waals surface area contributed by atoms with Crippen molar-refractivity contribution >= 4 is 6.29 Å². The summed E-state index contributed by atoms with van der Waals surface area (Å²) in [6, 6.07) is 5.57. The Balaban J connectivity index is 2.14. The summed E-state index contributed by atoms with van der Waals surface area (Å²) in [7, 11) is 0. The molecule has 2 rings (SSSR count). The van der Waals surface area contributed by atoms with Crippen LogP contribution in [0.2, 0.25) is 0 Å². The van der Waals surface area contributed by atoms with Crippen molar-refractivity contribution in [2.75, 3.05) is 0 Å². The molecular formula is C10H9NO2. The summed E-state index contributed by atoms with van der Waals surface area (Å²) in [5.74, 6) is 0.888. The molecule has 0 aliphatic rings. The zero-order valence-electron chi connectivity index (χ0n) is 6.99. The first-order valence-corrected chi connectivity index (χ1v) is 4.03. The van der Waals surface area contributed by atoms with E-state index in [9.17, 15) is 4.79 Å². The van der Waals surface area contributed by atoms with Gasteiger partial charge < -0.3 is 9.40 Å². The molecule has 3 heteroatoms. The first kappa shape index (κ1) is 7.86. The first-order chi connectivity index (χ1) is 6.38. The molecule has 2 heterocycles. The molecule has 2 aromatic rings. The minimum absolute atomic E-state index is 0.668. The second kappa shape index (κ2) is 3.31. The van der Waals surface area contributed by atoms with Crippen LogP contribution < -0.4 is 0 Å². The van der Waals surface area contributed by atoms with Gasteiger partial charge in [0.05, 0.1) is 6.26 Å². The van der Waals surface area contributed by atoms with Gasteiger partial charge in [0, 0.05) is 23.9 Å². The molecule has 0 radical (unpaired) electrons. The molecule has 0 saturated carbocycles. The topological polar surface area (TPSA) is 46.0 Å². The van der Waals surface area contributed by atoms with Crippen molar-refractivity contribution < 1.29 is 9.21 Å². The SMILES string of the molecule is O=Cc1c[nH]c(Cc2ccco2)c1. The normalized spacial score (nSPS) is 10.2. The van der Waals surface area contributed by atoms with E-state index in [-0.39, 0.29) is 0 Å². The summed E-state index contributed by atoms with van der Waals surface area (Å²) >= 11 is 0. The highest BCUT2D eigenvalue weighted by Crippen LogP contribution is 2.09. The quantitative estimate of drug-likeness (QED) is 0.725. The summed E-state index contributed by atoms with van der Waals surface area (Å²) in [4.78, 5) is 13.4. The minimum atomic E-state index is 0.668. The molecule has 0 amide bonds. The van der Waals surface area contributed by atoms with Gasteiger partial charge in [-0.05, 0) is 18.2 Å².